The largest absolute Gasteiger partial charge is 0.389 e. The van der Waals surface area contributed by atoms with E-state index in [1.807, 2.05) is 0 Å². The molecule has 2 heterocycles. The zero-order valence-electron chi connectivity index (χ0n) is 7.40. The van der Waals surface area contributed by atoms with Crippen LogP contribution in [0.3, 0.4) is 0 Å². The second kappa shape index (κ2) is 4.17. The summed E-state index contributed by atoms with van der Waals surface area (Å²) in [5, 5.41) is 11.8. The van der Waals surface area contributed by atoms with Gasteiger partial charge in [-0.1, -0.05) is 0 Å². The average Bonchev–Trinajstić information content (AvgIpc) is 2.67. The molecule has 13 heavy (non-hydrogen) atoms. The normalized spacial score (nSPS) is 19.2. The molecule has 0 bridgehead atoms. The lowest BCUT2D eigenvalue weighted by molar-refractivity contribution is 0.0845. The van der Waals surface area contributed by atoms with E-state index < -0.39 is 0 Å². The first-order valence-electron chi connectivity index (χ1n) is 4.53. The number of rotatable bonds is 2. The molecular formula is C9H13NO2S. The molecule has 1 saturated heterocycles. The van der Waals surface area contributed by atoms with Crippen molar-refractivity contribution >= 4 is 11.3 Å². The van der Waals surface area contributed by atoms with Crippen molar-refractivity contribution < 1.29 is 9.84 Å². The van der Waals surface area contributed by atoms with Gasteiger partial charge in [-0.05, 0) is 12.8 Å². The van der Waals surface area contributed by atoms with Crippen molar-refractivity contribution in [2.75, 3.05) is 13.2 Å². The van der Waals surface area contributed by atoms with Gasteiger partial charge in [-0.15, -0.1) is 11.3 Å². The molecule has 4 heteroatoms. The van der Waals surface area contributed by atoms with E-state index in [0.717, 1.165) is 36.8 Å². The van der Waals surface area contributed by atoms with Crippen molar-refractivity contribution in [2.45, 2.75) is 25.4 Å². The summed E-state index contributed by atoms with van der Waals surface area (Å²) >= 11 is 1.54. The number of ether oxygens (including phenoxy) is 1. The number of aliphatic hydroxyl groups is 1. The van der Waals surface area contributed by atoms with Crippen molar-refractivity contribution in [1.82, 2.24) is 4.98 Å². The zero-order valence-corrected chi connectivity index (χ0v) is 8.22. The quantitative estimate of drug-likeness (QED) is 0.785. The molecule has 1 fully saturated rings. The fourth-order valence-corrected chi connectivity index (χ4v) is 2.31. The Kier molecular flexibility index (Phi) is 2.93. The summed E-state index contributed by atoms with van der Waals surface area (Å²) in [6.07, 6.45) is 2.13. The number of thiazole rings is 1. The Morgan fingerprint density at radius 3 is 2.92 bits per heavy atom. The second-order valence-corrected chi connectivity index (χ2v) is 4.15. The molecule has 0 saturated carbocycles. The zero-order chi connectivity index (χ0) is 9.10. The van der Waals surface area contributed by atoms with E-state index in [1.54, 1.807) is 11.3 Å². The van der Waals surface area contributed by atoms with E-state index in [2.05, 4.69) is 10.4 Å². The molecule has 1 N–H and O–H groups in total. The van der Waals surface area contributed by atoms with Gasteiger partial charge in [-0.3, -0.25) is 0 Å². The summed E-state index contributed by atoms with van der Waals surface area (Å²) in [5.74, 6) is 0.547. The maximum atomic E-state index is 8.87. The van der Waals surface area contributed by atoms with Crippen LogP contribution < -0.4 is 0 Å². The minimum atomic E-state index is 0.0634. The van der Waals surface area contributed by atoms with Gasteiger partial charge in [0.15, 0.2) is 0 Å². The number of nitrogens with zero attached hydrogens (tertiary/aromatic N) is 1. The first-order valence-corrected chi connectivity index (χ1v) is 5.41. The summed E-state index contributed by atoms with van der Waals surface area (Å²) in [6, 6.07) is 0. The predicted octanol–water partition coefficient (Wildman–Crippen LogP) is 1.53. The van der Waals surface area contributed by atoms with E-state index >= 15 is 0 Å². The lowest BCUT2D eigenvalue weighted by Gasteiger charge is -2.19. The van der Waals surface area contributed by atoms with Gasteiger partial charge in [0.25, 0.3) is 0 Å². The highest BCUT2D eigenvalue weighted by molar-refractivity contribution is 7.09. The highest BCUT2D eigenvalue weighted by Crippen LogP contribution is 2.27. The van der Waals surface area contributed by atoms with Crippen LogP contribution >= 0.6 is 11.3 Å². The van der Waals surface area contributed by atoms with E-state index in [0.29, 0.717) is 5.92 Å². The lowest BCUT2D eigenvalue weighted by Crippen LogP contribution is -2.14. The Morgan fingerprint density at radius 2 is 2.31 bits per heavy atom. The van der Waals surface area contributed by atoms with Crippen LogP contribution in [-0.2, 0) is 11.3 Å². The van der Waals surface area contributed by atoms with Gasteiger partial charge in [0.2, 0.25) is 0 Å². The highest BCUT2D eigenvalue weighted by Gasteiger charge is 2.18. The van der Waals surface area contributed by atoms with Crippen LogP contribution in [0.1, 0.15) is 29.5 Å². The van der Waals surface area contributed by atoms with Crippen LogP contribution in [0, 0.1) is 0 Å². The molecule has 0 aliphatic carbocycles. The smallest absolute Gasteiger partial charge is 0.118 e. The summed E-state index contributed by atoms with van der Waals surface area (Å²) < 4.78 is 5.28. The fraction of sp³-hybridized carbons (Fsp3) is 0.667. The Bertz CT molecular complexity index is 268. The molecule has 0 atom stereocenters. The van der Waals surface area contributed by atoms with Crippen molar-refractivity contribution in [3.05, 3.63) is 16.1 Å². The lowest BCUT2D eigenvalue weighted by atomic mass is 9.98. The van der Waals surface area contributed by atoms with Crippen LogP contribution in [0.4, 0.5) is 0 Å². The number of hydrogen-bond donors (Lipinski definition) is 1. The Labute approximate surface area is 81.4 Å². The molecule has 1 aromatic rings. The van der Waals surface area contributed by atoms with E-state index in [9.17, 15) is 0 Å². The van der Waals surface area contributed by atoms with Gasteiger partial charge in [-0.2, -0.15) is 0 Å². The van der Waals surface area contributed by atoms with Gasteiger partial charge in [0.1, 0.15) is 5.01 Å². The maximum absolute atomic E-state index is 8.87. The third-order valence-corrected chi connectivity index (χ3v) is 3.20. The number of aliphatic hydroxyl groups excluding tert-OH is 1. The van der Waals surface area contributed by atoms with Crippen molar-refractivity contribution in [1.29, 1.82) is 0 Å². The van der Waals surface area contributed by atoms with Crippen LogP contribution in [0.5, 0.6) is 0 Å². The van der Waals surface area contributed by atoms with E-state index in [-0.39, 0.29) is 6.61 Å². The molecule has 72 valence electrons. The molecule has 0 spiro atoms. The van der Waals surface area contributed by atoms with Gasteiger partial charge in [0, 0.05) is 24.5 Å². The topological polar surface area (TPSA) is 42.4 Å². The number of aromatic nitrogens is 1. The molecule has 2 rings (SSSR count). The standard InChI is InChI=1S/C9H13NO2S/c11-5-9-10-8(6-13-9)7-1-3-12-4-2-7/h6-7,11H,1-5H2. The van der Waals surface area contributed by atoms with Crippen LogP contribution in [0.25, 0.3) is 0 Å². The third-order valence-electron chi connectivity index (χ3n) is 2.34. The molecule has 0 amide bonds. The van der Waals surface area contributed by atoms with Crippen LogP contribution in [0.2, 0.25) is 0 Å². The van der Waals surface area contributed by atoms with E-state index in [4.69, 9.17) is 9.84 Å². The predicted molar refractivity (Wildman–Crippen MR) is 50.8 cm³/mol. The van der Waals surface area contributed by atoms with E-state index in [1.165, 1.54) is 0 Å². The van der Waals surface area contributed by atoms with Crippen molar-refractivity contribution in [2.24, 2.45) is 0 Å². The van der Waals surface area contributed by atoms with Gasteiger partial charge < -0.3 is 9.84 Å². The molecule has 1 aliphatic rings. The molecule has 0 aromatic carbocycles. The number of hydrogen-bond acceptors (Lipinski definition) is 4. The minimum Gasteiger partial charge on any atom is -0.389 e. The minimum absolute atomic E-state index is 0.0634. The van der Waals surface area contributed by atoms with Crippen molar-refractivity contribution in [3.8, 4) is 0 Å². The molecule has 0 radical (unpaired) electrons. The summed E-state index contributed by atoms with van der Waals surface area (Å²) in [6.45, 7) is 1.75. The molecule has 0 unspecified atom stereocenters. The molecule has 1 aromatic heterocycles. The average molecular weight is 199 g/mol. The fourth-order valence-electron chi connectivity index (χ4n) is 1.58. The Morgan fingerprint density at radius 1 is 1.54 bits per heavy atom. The SMILES string of the molecule is OCc1nc(C2CCOCC2)cs1. The van der Waals surface area contributed by atoms with Crippen LogP contribution in [-0.4, -0.2) is 23.3 Å². The molecule has 1 aliphatic heterocycles. The summed E-state index contributed by atoms with van der Waals surface area (Å²) in [7, 11) is 0. The monoisotopic (exact) mass is 199 g/mol. The van der Waals surface area contributed by atoms with Gasteiger partial charge >= 0.3 is 0 Å². The van der Waals surface area contributed by atoms with Crippen LogP contribution in [0.15, 0.2) is 5.38 Å². The molecule has 3 nitrogen and oxygen atoms in total. The first-order chi connectivity index (χ1) is 6.40. The highest BCUT2D eigenvalue weighted by atomic mass is 32.1. The first kappa shape index (κ1) is 9.12. The van der Waals surface area contributed by atoms with Gasteiger partial charge in [0.05, 0.1) is 12.3 Å². The third kappa shape index (κ3) is 2.07. The molecular weight excluding hydrogens is 186 g/mol. The Balaban J connectivity index is 2.05. The Hall–Kier alpha value is -0.450. The van der Waals surface area contributed by atoms with Crippen molar-refractivity contribution in [3.63, 3.8) is 0 Å². The second-order valence-electron chi connectivity index (χ2n) is 3.21. The summed E-state index contributed by atoms with van der Waals surface area (Å²) in [5.41, 5.74) is 1.14. The summed E-state index contributed by atoms with van der Waals surface area (Å²) in [4.78, 5) is 4.37. The maximum Gasteiger partial charge on any atom is 0.118 e. The van der Waals surface area contributed by atoms with Gasteiger partial charge in [-0.25, -0.2) is 4.98 Å².